The zero-order chi connectivity index (χ0) is 18.4. The second kappa shape index (κ2) is 5.01. The van der Waals surface area contributed by atoms with Crippen molar-refractivity contribution in [2.45, 2.75) is 63.3 Å². The summed E-state index contributed by atoms with van der Waals surface area (Å²) < 4.78 is 17.2. The number of aliphatic hydroxyl groups is 3. The molecule has 0 unspecified atom stereocenters. The topological polar surface area (TPSA) is 126 Å². The summed E-state index contributed by atoms with van der Waals surface area (Å²) in [6, 6.07) is 0. The molecule has 4 fully saturated rings. The van der Waals surface area contributed by atoms with Gasteiger partial charge in [-0.25, -0.2) is 0 Å². The van der Waals surface area contributed by atoms with Gasteiger partial charge in [0.15, 0.2) is 5.78 Å². The fourth-order valence-corrected chi connectivity index (χ4v) is 5.74. The lowest BCUT2D eigenvalue weighted by atomic mass is 9.48. The molecule has 2 saturated heterocycles. The van der Waals surface area contributed by atoms with E-state index in [1.807, 2.05) is 0 Å². The maximum absolute atomic E-state index is 12.6. The molecule has 1 spiro atoms. The molecule has 25 heavy (non-hydrogen) atoms. The van der Waals surface area contributed by atoms with Crippen molar-refractivity contribution in [3.8, 4) is 0 Å². The molecule has 8 heteroatoms. The van der Waals surface area contributed by atoms with Gasteiger partial charge in [0.2, 0.25) is 0 Å². The van der Waals surface area contributed by atoms with Crippen LogP contribution in [0.15, 0.2) is 0 Å². The molecule has 0 aromatic rings. The number of ketones is 1. The number of carbonyl (C=O) groups excluding carboxylic acids is 2. The number of epoxide rings is 1. The Morgan fingerprint density at radius 2 is 2.04 bits per heavy atom. The van der Waals surface area contributed by atoms with E-state index in [9.17, 15) is 24.9 Å². The van der Waals surface area contributed by atoms with Gasteiger partial charge < -0.3 is 29.5 Å². The molecule has 8 nitrogen and oxygen atoms in total. The third-order valence-electron chi connectivity index (χ3n) is 7.20. The highest BCUT2D eigenvalue weighted by atomic mass is 16.7. The lowest BCUT2D eigenvalue weighted by Gasteiger charge is -2.60. The largest absolute Gasteiger partial charge is 0.459 e. The van der Waals surface area contributed by atoms with Crippen LogP contribution in [0.3, 0.4) is 0 Å². The lowest BCUT2D eigenvalue weighted by molar-refractivity contribution is -0.277. The minimum atomic E-state index is -1.50. The maximum Gasteiger partial charge on any atom is 0.303 e. The van der Waals surface area contributed by atoms with E-state index in [-0.39, 0.29) is 12.4 Å². The standard InChI is InChI=1S/C17H24O8/c1-7-4-9-16(5-18,12(22)10(7)20)15(3)13(24-8(2)19)11(21)14(25-9)17(15)6-23-17/h7,9,11-14,18,21-22H,4-6H2,1-3H3/t7-,9+,11+,12+,13+,14-,15+,16+,17-/m0/s1. The average Bonchev–Trinajstić information content (AvgIpc) is 3.33. The molecule has 2 heterocycles. The van der Waals surface area contributed by atoms with Crippen LogP contribution in [0.5, 0.6) is 0 Å². The first-order valence-corrected chi connectivity index (χ1v) is 8.64. The van der Waals surface area contributed by atoms with Gasteiger partial charge >= 0.3 is 5.97 Å². The van der Waals surface area contributed by atoms with Gasteiger partial charge in [-0.15, -0.1) is 0 Å². The molecule has 2 aliphatic heterocycles. The van der Waals surface area contributed by atoms with Crippen molar-refractivity contribution in [2.24, 2.45) is 16.7 Å². The van der Waals surface area contributed by atoms with Gasteiger partial charge in [0, 0.05) is 12.8 Å². The second-order valence-electron chi connectivity index (χ2n) is 8.09. The SMILES string of the molecule is CC(=O)O[C@@H]1[C@@H](O)[C@@H]2O[C@@H]3C[C@H](C)C(=O)[C@@H](O)[C@]3(CO)[C@]1(C)[C@]21CO1. The highest BCUT2D eigenvalue weighted by molar-refractivity contribution is 5.87. The average molecular weight is 356 g/mol. The van der Waals surface area contributed by atoms with Crippen molar-refractivity contribution in [2.75, 3.05) is 13.2 Å². The number of esters is 1. The third-order valence-corrected chi connectivity index (χ3v) is 7.20. The molecule has 0 amide bonds. The molecule has 3 N–H and O–H groups in total. The Labute approximate surface area is 145 Å². The maximum atomic E-state index is 12.6. The fraction of sp³-hybridized carbons (Fsp3) is 0.882. The molecule has 9 atom stereocenters. The number of carbonyl (C=O) groups is 2. The van der Waals surface area contributed by atoms with E-state index in [4.69, 9.17) is 14.2 Å². The van der Waals surface area contributed by atoms with Crippen LogP contribution in [-0.2, 0) is 23.8 Å². The zero-order valence-corrected chi connectivity index (χ0v) is 14.5. The third kappa shape index (κ3) is 1.70. The molecule has 2 aliphatic carbocycles. The van der Waals surface area contributed by atoms with E-state index >= 15 is 0 Å². The Bertz CT molecular complexity index is 630. The van der Waals surface area contributed by atoms with E-state index in [0.717, 1.165) is 0 Å². The van der Waals surface area contributed by atoms with Crippen LogP contribution in [0.4, 0.5) is 0 Å². The van der Waals surface area contributed by atoms with Crippen molar-refractivity contribution in [1.29, 1.82) is 0 Å². The van der Waals surface area contributed by atoms with Gasteiger partial charge in [-0.2, -0.15) is 0 Å². The van der Waals surface area contributed by atoms with Gasteiger partial charge in [0.05, 0.1) is 30.1 Å². The van der Waals surface area contributed by atoms with Crippen LogP contribution in [0.25, 0.3) is 0 Å². The van der Waals surface area contributed by atoms with Crippen LogP contribution in [-0.4, -0.2) is 76.4 Å². The zero-order valence-electron chi connectivity index (χ0n) is 14.5. The normalized spacial score (nSPS) is 56.6. The number of Topliss-reactive ketones (excluding diaryl/α,β-unsaturated/α-hetero) is 1. The van der Waals surface area contributed by atoms with Gasteiger partial charge in [-0.3, -0.25) is 9.59 Å². The first-order valence-electron chi connectivity index (χ1n) is 8.64. The summed E-state index contributed by atoms with van der Waals surface area (Å²) in [6.07, 6.45) is -4.78. The van der Waals surface area contributed by atoms with Crippen molar-refractivity contribution in [3.63, 3.8) is 0 Å². The van der Waals surface area contributed by atoms with E-state index in [0.29, 0.717) is 6.42 Å². The van der Waals surface area contributed by atoms with Crippen LogP contribution < -0.4 is 0 Å². The predicted molar refractivity (Wildman–Crippen MR) is 81.3 cm³/mol. The van der Waals surface area contributed by atoms with Crippen molar-refractivity contribution in [3.05, 3.63) is 0 Å². The van der Waals surface area contributed by atoms with E-state index in [1.165, 1.54) is 6.92 Å². The molecule has 4 aliphatic rings. The smallest absolute Gasteiger partial charge is 0.303 e. The predicted octanol–water partition coefficient (Wildman–Crippen LogP) is -1.22. The van der Waals surface area contributed by atoms with Crippen molar-refractivity contribution < 1.29 is 39.1 Å². The van der Waals surface area contributed by atoms with Gasteiger partial charge in [-0.05, 0) is 6.42 Å². The quantitative estimate of drug-likeness (QED) is 0.415. The number of aliphatic hydroxyl groups excluding tert-OH is 3. The molecule has 0 aromatic heterocycles. The molecule has 2 saturated carbocycles. The highest BCUT2D eigenvalue weighted by Crippen LogP contribution is 2.72. The number of ether oxygens (including phenoxy) is 3. The number of fused-ring (bicyclic) bond motifs is 2. The molecule has 0 radical (unpaired) electrons. The number of hydrogen-bond donors (Lipinski definition) is 3. The van der Waals surface area contributed by atoms with Gasteiger partial charge in [0.25, 0.3) is 0 Å². The monoisotopic (exact) mass is 356 g/mol. The Hall–Kier alpha value is -1.06. The molecular weight excluding hydrogens is 332 g/mol. The highest BCUT2D eigenvalue weighted by Gasteiger charge is 2.87. The summed E-state index contributed by atoms with van der Waals surface area (Å²) in [5.41, 5.74) is -3.57. The molecule has 140 valence electrons. The summed E-state index contributed by atoms with van der Waals surface area (Å²) in [7, 11) is 0. The van der Waals surface area contributed by atoms with Crippen molar-refractivity contribution >= 4 is 11.8 Å². The van der Waals surface area contributed by atoms with Gasteiger partial charge in [0.1, 0.15) is 30.0 Å². The van der Waals surface area contributed by atoms with Crippen LogP contribution in [0.2, 0.25) is 0 Å². The van der Waals surface area contributed by atoms with Gasteiger partial charge in [-0.1, -0.05) is 13.8 Å². The number of hydrogen-bond acceptors (Lipinski definition) is 8. The summed E-state index contributed by atoms with van der Waals surface area (Å²) in [6.45, 7) is 4.35. The second-order valence-corrected chi connectivity index (χ2v) is 8.09. The summed E-state index contributed by atoms with van der Waals surface area (Å²) in [5.74, 6) is -1.41. The molecule has 2 bridgehead atoms. The lowest BCUT2D eigenvalue weighted by Crippen LogP contribution is -2.73. The Morgan fingerprint density at radius 3 is 2.56 bits per heavy atom. The molecule has 0 aromatic carbocycles. The first-order chi connectivity index (χ1) is 11.7. The number of rotatable bonds is 2. The Kier molecular flexibility index (Phi) is 3.48. The summed E-state index contributed by atoms with van der Waals surface area (Å²) >= 11 is 0. The summed E-state index contributed by atoms with van der Waals surface area (Å²) in [4.78, 5) is 24.2. The summed E-state index contributed by atoms with van der Waals surface area (Å²) in [5, 5.41) is 32.1. The first kappa shape index (κ1) is 17.4. The molecule has 4 rings (SSSR count). The fourth-order valence-electron chi connectivity index (χ4n) is 5.74. The Morgan fingerprint density at radius 1 is 1.40 bits per heavy atom. The van der Waals surface area contributed by atoms with Crippen LogP contribution in [0, 0.1) is 16.7 Å². The minimum absolute atomic E-state index is 0.244. The Balaban J connectivity index is 1.92. The van der Waals surface area contributed by atoms with Crippen molar-refractivity contribution in [1.82, 2.24) is 0 Å². The van der Waals surface area contributed by atoms with E-state index < -0.39 is 65.4 Å². The minimum Gasteiger partial charge on any atom is -0.459 e. The van der Waals surface area contributed by atoms with E-state index in [1.54, 1.807) is 13.8 Å². The van der Waals surface area contributed by atoms with E-state index in [2.05, 4.69) is 0 Å². The van der Waals surface area contributed by atoms with Crippen LogP contribution in [0.1, 0.15) is 27.2 Å². The molecular formula is C17H24O8. The van der Waals surface area contributed by atoms with Crippen LogP contribution >= 0.6 is 0 Å².